The van der Waals surface area contributed by atoms with Crippen LogP contribution in [-0.4, -0.2) is 49.3 Å². The number of para-hydroxylation sites is 1. The summed E-state index contributed by atoms with van der Waals surface area (Å²) in [4.78, 5) is 0. The molecular formula is C27H41KN2O3. The summed E-state index contributed by atoms with van der Waals surface area (Å²) in [6.07, 6.45) is 4.22. The molecule has 0 spiro atoms. The molecule has 178 valence electrons. The Labute approximate surface area is 243 Å². The van der Waals surface area contributed by atoms with Crippen molar-refractivity contribution in [1.82, 2.24) is 5.32 Å². The van der Waals surface area contributed by atoms with Gasteiger partial charge in [0.2, 0.25) is 0 Å². The van der Waals surface area contributed by atoms with Crippen molar-refractivity contribution in [2.75, 3.05) is 26.7 Å². The predicted octanol–water partition coefficient (Wildman–Crippen LogP) is 1.67. The summed E-state index contributed by atoms with van der Waals surface area (Å²) in [6, 6.07) is 17.6. The quantitative estimate of drug-likeness (QED) is 0.397. The van der Waals surface area contributed by atoms with Gasteiger partial charge >= 0.3 is 51.4 Å². The summed E-state index contributed by atoms with van der Waals surface area (Å²) in [5.74, 6) is 1.50. The molecule has 2 atom stereocenters. The van der Waals surface area contributed by atoms with Crippen LogP contribution in [0.3, 0.4) is 0 Å². The summed E-state index contributed by atoms with van der Waals surface area (Å²) in [5.41, 5.74) is 3.21. The zero-order valence-electron chi connectivity index (χ0n) is 21.1. The first-order valence-corrected chi connectivity index (χ1v) is 11.7. The number of hydrogen-bond donors (Lipinski definition) is 3. The maximum atomic E-state index is 9.49. The summed E-state index contributed by atoms with van der Waals surface area (Å²) in [6.45, 7) is 9.02. The molecule has 1 saturated heterocycles. The average Bonchev–Trinajstić information content (AvgIpc) is 2.80. The number of ether oxygens (including phenoxy) is 1. The van der Waals surface area contributed by atoms with Crippen LogP contribution in [0.5, 0.6) is 5.75 Å². The first-order valence-electron chi connectivity index (χ1n) is 11.7. The van der Waals surface area contributed by atoms with Crippen molar-refractivity contribution in [3.63, 3.8) is 0 Å². The van der Waals surface area contributed by atoms with Crippen LogP contribution in [0.15, 0.2) is 54.6 Å². The van der Waals surface area contributed by atoms with Crippen LogP contribution >= 0.6 is 0 Å². The summed E-state index contributed by atoms with van der Waals surface area (Å²) in [7, 11) is 1.53. The van der Waals surface area contributed by atoms with Gasteiger partial charge in [0, 0.05) is 6.61 Å². The molecular weight excluding hydrogens is 439 g/mol. The summed E-state index contributed by atoms with van der Waals surface area (Å²) >= 11 is 0. The van der Waals surface area contributed by atoms with Crippen molar-refractivity contribution in [3.8, 4) is 5.75 Å². The van der Waals surface area contributed by atoms with Crippen molar-refractivity contribution < 1.29 is 66.3 Å². The van der Waals surface area contributed by atoms with E-state index in [1.54, 1.807) is 24.3 Å². The van der Waals surface area contributed by atoms with Gasteiger partial charge in [-0.05, 0) is 79.4 Å². The van der Waals surface area contributed by atoms with Gasteiger partial charge in [0.25, 0.3) is 0 Å². The number of hydrogen-bond acceptors (Lipinski definition) is 4. The van der Waals surface area contributed by atoms with E-state index in [1.807, 2.05) is 6.07 Å². The van der Waals surface area contributed by atoms with Crippen molar-refractivity contribution in [2.45, 2.75) is 64.2 Å². The normalized spacial score (nSPS) is 16.1. The number of benzene rings is 2. The summed E-state index contributed by atoms with van der Waals surface area (Å²) < 4.78 is 5.16. The first kappa shape index (κ1) is 30.7. The maximum absolute atomic E-state index is 9.49. The Morgan fingerprint density at radius 1 is 1.03 bits per heavy atom. The van der Waals surface area contributed by atoms with E-state index >= 15 is 0 Å². The molecule has 33 heavy (non-hydrogen) atoms. The molecule has 1 fully saturated rings. The fourth-order valence-corrected chi connectivity index (χ4v) is 3.73. The Kier molecular flexibility index (Phi) is 15.3. The number of rotatable bonds is 8. The smallest absolute Gasteiger partial charge is 0.655 e. The van der Waals surface area contributed by atoms with Crippen LogP contribution in [0.25, 0.3) is 5.32 Å². The van der Waals surface area contributed by atoms with E-state index < -0.39 is 12.3 Å². The van der Waals surface area contributed by atoms with Gasteiger partial charge in [-0.2, -0.15) is 7.05 Å². The van der Waals surface area contributed by atoms with E-state index in [0.29, 0.717) is 5.75 Å². The van der Waals surface area contributed by atoms with E-state index in [1.165, 1.54) is 56.9 Å². The minimum atomic E-state index is -1.10. The Bertz CT molecular complexity index is 740. The molecule has 1 heterocycles. The molecule has 3 rings (SSSR count). The van der Waals surface area contributed by atoms with Crippen LogP contribution < -0.4 is 61.4 Å². The van der Waals surface area contributed by atoms with E-state index in [2.05, 4.69) is 55.7 Å². The van der Waals surface area contributed by atoms with Crippen molar-refractivity contribution in [3.05, 3.63) is 71.0 Å². The Morgan fingerprint density at radius 2 is 1.64 bits per heavy atom. The molecule has 1 aliphatic rings. The van der Waals surface area contributed by atoms with E-state index in [9.17, 15) is 5.11 Å². The van der Waals surface area contributed by atoms with Crippen molar-refractivity contribution in [1.29, 1.82) is 0 Å². The van der Waals surface area contributed by atoms with Crippen molar-refractivity contribution in [2.24, 2.45) is 5.92 Å². The van der Waals surface area contributed by atoms with Crippen LogP contribution in [0, 0.1) is 5.92 Å². The van der Waals surface area contributed by atoms with Crippen LogP contribution in [0.2, 0.25) is 0 Å². The molecule has 3 N–H and O–H groups in total. The molecule has 2 aromatic rings. The van der Waals surface area contributed by atoms with E-state index in [-0.39, 0.29) is 63.4 Å². The van der Waals surface area contributed by atoms with Gasteiger partial charge in [-0.25, -0.2) is 0 Å². The summed E-state index contributed by atoms with van der Waals surface area (Å²) in [5, 5.41) is 25.5. The third-order valence-electron chi connectivity index (χ3n) is 5.97. The minimum absolute atomic E-state index is 0. The second-order valence-electron chi connectivity index (χ2n) is 9.51. The van der Waals surface area contributed by atoms with Crippen molar-refractivity contribution >= 4 is 0 Å². The average molecular weight is 481 g/mol. The van der Waals surface area contributed by atoms with Gasteiger partial charge < -0.3 is 25.6 Å². The number of nitrogens with one attached hydrogen (secondary N) is 1. The molecule has 0 bridgehead atoms. The Morgan fingerprint density at radius 3 is 2.15 bits per heavy atom. The molecule has 5 nitrogen and oxygen atoms in total. The topological polar surface area (TPSA) is 75.8 Å². The van der Waals surface area contributed by atoms with Gasteiger partial charge in [-0.15, -0.1) is 0 Å². The molecule has 0 aliphatic carbocycles. The maximum Gasteiger partial charge on any atom is 1.00 e. The van der Waals surface area contributed by atoms with Gasteiger partial charge in [0.15, 0.2) is 6.29 Å². The standard InChI is InChI=1S/C17H27N.C10H14NO3.K/c1-17(2,3)16-8-6-14(7-9-16)4-5-15-10-12-18-13-11-15;1-11-9(7-12)10(13)14-8-5-3-2-4-6-8;/h6-9,15,18H,4-5,10-13H2,1-3H3;2-6,9-10,12-13H,7H2,1H3;/q;-1;+1. The largest absolute Gasteiger partial charge is 1.00 e. The van der Waals surface area contributed by atoms with Crippen LogP contribution in [0.4, 0.5) is 0 Å². The van der Waals surface area contributed by atoms with E-state index in [0.717, 1.165) is 5.92 Å². The van der Waals surface area contributed by atoms with Crippen LogP contribution in [-0.2, 0) is 11.8 Å². The third kappa shape index (κ3) is 11.8. The monoisotopic (exact) mass is 480 g/mol. The van der Waals surface area contributed by atoms with Gasteiger partial charge in [-0.1, -0.05) is 63.2 Å². The fraction of sp³-hybridized carbons (Fsp3) is 0.556. The minimum Gasteiger partial charge on any atom is -0.655 e. The number of aryl methyl sites for hydroxylation is 1. The predicted molar refractivity (Wildman–Crippen MR) is 132 cm³/mol. The van der Waals surface area contributed by atoms with Gasteiger partial charge in [0.05, 0.1) is 0 Å². The molecule has 2 unspecified atom stereocenters. The van der Waals surface area contributed by atoms with Gasteiger partial charge in [-0.3, -0.25) is 0 Å². The number of nitrogens with zero attached hydrogens (tertiary/aromatic N) is 1. The molecule has 0 aromatic heterocycles. The zero-order valence-corrected chi connectivity index (χ0v) is 24.3. The second kappa shape index (κ2) is 16.4. The number of piperidine rings is 1. The Hall–Kier alpha value is -0.284. The molecule has 2 aromatic carbocycles. The molecule has 6 heteroatoms. The van der Waals surface area contributed by atoms with Gasteiger partial charge in [0.1, 0.15) is 5.75 Å². The number of likely N-dealkylation sites (N-methyl/N-ethyl adjacent to an activating group) is 1. The Balaban J connectivity index is 0.000000331. The fourth-order valence-electron chi connectivity index (χ4n) is 3.73. The van der Waals surface area contributed by atoms with E-state index in [4.69, 9.17) is 9.84 Å². The molecule has 0 saturated carbocycles. The second-order valence-corrected chi connectivity index (χ2v) is 9.51. The first-order chi connectivity index (χ1) is 15.3. The van der Waals surface area contributed by atoms with Crippen LogP contribution in [0.1, 0.15) is 51.2 Å². The third-order valence-corrected chi connectivity index (χ3v) is 5.97. The number of aliphatic hydroxyl groups excluding tert-OH is 2. The molecule has 1 aliphatic heterocycles. The number of aliphatic hydroxyl groups is 2. The molecule has 0 amide bonds. The SMILES string of the molecule is CC(C)(C)c1ccc(CCC2CCNCC2)cc1.C[N-]C(CO)C(O)Oc1ccccc1.[K+]. The zero-order chi connectivity index (χ0) is 23.4. The molecule has 0 radical (unpaired) electrons.